The Morgan fingerprint density at radius 1 is 1.13 bits per heavy atom. The van der Waals surface area contributed by atoms with E-state index < -0.39 is 28.9 Å². The van der Waals surface area contributed by atoms with E-state index in [1.165, 1.54) is 4.90 Å². The molecule has 6 nitrogen and oxygen atoms in total. The topological polar surface area (TPSA) is 64.4 Å². The normalized spacial score (nSPS) is 11.6. The van der Waals surface area contributed by atoms with Gasteiger partial charge in [-0.25, -0.2) is 28.0 Å². The third kappa shape index (κ3) is 4.57. The Bertz CT molecular complexity index is 1180. The molecule has 0 spiro atoms. The average Bonchev–Trinajstić information content (AvgIpc) is 2.66. The Morgan fingerprint density at radius 2 is 1.77 bits per heavy atom. The van der Waals surface area contributed by atoms with Crippen LogP contribution in [-0.4, -0.2) is 27.8 Å². The van der Waals surface area contributed by atoms with Crippen LogP contribution < -0.4 is 10.5 Å². The van der Waals surface area contributed by atoms with Gasteiger partial charge in [-0.1, -0.05) is 19.1 Å². The maximum absolute atomic E-state index is 14.0. The molecule has 0 atom stereocenters. The molecule has 0 fully saturated rings. The highest BCUT2D eigenvalue weighted by atomic mass is 19.1. The van der Waals surface area contributed by atoms with Crippen LogP contribution in [0.2, 0.25) is 0 Å². The van der Waals surface area contributed by atoms with Gasteiger partial charge in [0.25, 0.3) is 5.56 Å². The van der Waals surface area contributed by atoms with Gasteiger partial charge >= 0.3 is 6.09 Å². The van der Waals surface area contributed by atoms with E-state index >= 15 is 0 Å². The van der Waals surface area contributed by atoms with Crippen molar-refractivity contribution < 1.29 is 18.3 Å². The minimum Gasteiger partial charge on any atom is -0.443 e. The monoisotopic (exact) mass is 429 g/mol. The maximum Gasteiger partial charge on any atom is 0.417 e. The molecule has 0 bridgehead atoms. The number of ether oxygens (including phenoxy) is 1. The smallest absolute Gasteiger partial charge is 0.417 e. The minimum atomic E-state index is -0.851. The maximum atomic E-state index is 14.0. The van der Waals surface area contributed by atoms with E-state index in [-0.39, 0.29) is 23.6 Å². The molecule has 0 aliphatic heterocycles. The molecule has 0 aliphatic carbocycles. The molecule has 0 saturated carbocycles. The standard InChI is InChI=1S/C23H25F2N3O3/c1-6-14-9-8-10-18-19(14)26-21(27(7-2)22(30)31-23(3,4)5)28(20(18)29)17-12-15(24)11-16(25)13-17/h8-13H,6-7H2,1-5H3. The van der Waals surface area contributed by atoms with Gasteiger partial charge in [0.05, 0.1) is 16.6 Å². The largest absolute Gasteiger partial charge is 0.443 e. The second kappa shape index (κ2) is 8.45. The van der Waals surface area contributed by atoms with Crippen molar-refractivity contribution in [2.75, 3.05) is 11.4 Å². The lowest BCUT2D eigenvalue weighted by Gasteiger charge is -2.27. The number of para-hydroxylation sites is 1. The molecule has 0 saturated heterocycles. The number of hydrogen-bond donors (Lipinski definition) is 0. The number of fused-ring (bicyclic) bond motifs is 1. The van der Waals surface area contributed by atoms with E-state index in [1.807, 2.05) is 13.0 Å². The highest BCUT2D eigenvalue weighted by Crippen LogP contribution is 2.24. The summed E-state index contributed by atoms with van der Waals surface area (Å²) < 4.78 is 34.5. The molecule has 3 aromatic rings. The molecule has 164 valence electrons. The average molecular weight is 429 g/mol. The van der Waals surface area contributed by atoms with Crippen molar-refractivity contribution in [1.29, 1.82) is 0 Å². The van der Waals surface area contributed by atoms with E-state index in [2.05, 4.69) is 4.98 Å². The van der Waals surface area contributed by atoms with Gasteiger partial charge in [-0.15, -0.1) is 0 Å². The summed E-state index contributed by atoms with van der Waals surface area (Å²) in [5.41, 5.74) is -0.154. The first-order chi connectivity index (χ1) is 14.6. The van der Waals surface area contributed by atoms with Crippen LogP contribution >= 0.6 is 0 Å². The number of amides is 1. The Morgan fingerprint density at radius 3 is 2.32 bits per heavy atom. The van der Waals surface area contributed by atoms with Crippen molar-refractivity contribution in [3.05, 3.63) is 63.9 Å². The summed E-state index contributed by atoms with van der Waals surface area (Å²) in [6, 6.07) is 7.93. The summed E-state index contributed by atoms with van der Waals surface area (Å²) in [5, 5.41) is 0.285. The molecule has 0 unspecified atom stereocenters. The van der Waals surface area contributed by atoms with Crippen LogP contribution in [0.5, 0.6) is 0 Å². The Balaban J connectivity index is 2.38. The number of aryl methyl sites for hydroxylation is 1. The molecule has 2 aromatic carbocycles. The number of rotatable bonds is 4. The summed E-state index contributed by atoms with van der Waals surface area (Å²) in [5.74, 6) is -1.77. The highest BCUT2D eigenvalue weighted by molar-refractivity contribution is 5.89. The molecule has 1 aromatic heterocycles. The predicted octanol–water partition coefficient (Wildman–Crippen LogP) is 4.99. The van der Waals surface area contributed by atoms with Crippen LogP contribution in [0.4, 0.5) is 19.5 Å². The lowest BCUT2D eigenvalue weighted by molar-refractivity contribution is 0.0579. The third-order valence-electron chi connectivity index (χ3n) is 4.62. The molecular formula is C23H25F2N3O3. The Kier molecular flexibility index (Phi) is 6.10. The zero-order chi connectivity index (χ0) is 22.9. The summed E-state index contributed by atoms with van der Waals surface area (Å²) in [7, 11) is 0. The zero-order valence-electron chi connectivity index (χ0n) is 18.2. The highest BCUT2D eigenvalue weighted by Gasteiger charge is 2.27. The van der Waals surface area contributed by atoms with Crippen LogP contribution in [0.15, 0.2) is 41.2 Å². The van der Waals surface area contributed by atoms with Crippen molar-refractivity contribution in [2.24, 2.45) is 0 Å². The van der Waals surface area contributed by atoms with E-state index in [1.54, 1.807) is 39.8 Å². The van der Waals surface area contributed by atoms with Gasteiger partial charge < -0.3 is 4.74 Å². The lowest BCUT2D eigenvalue weighted by atomic mass is 10.1. The van der Waals surface area contributed by atoms with Gasteiger partial charge in [0.15, 0.2) is 0 Å². The lowest BCUT2D eigenvalue weighted by Crippen LogP contribution is -2.40. The molecule has 0 aliphatic rings. The fourth-order valence-electron chi connectivity index (χ4n) is 3.29. The quantitative estimate of drug-likeness (QED) is 0.586. The molecule has 1 heterocycles. The summed E-state index contributed by atoms with van der Waals surface area (Å²) in [4.78, 5) is 32.2. The van der Waals surface area contributed by atoms with Crippen molar-refractivity contribution in [3.63, 3.8) is 0 Å². The molecule has 1 amide bonds. The number of carbonyl (C=O) groups is 1. The van der Waals surface area contributed by atoms with Crippen molar-refractivity contribution in [3.8, 4) is 5.69 Å². The van der Waals surface area contributed by atoms with Gasteiger partial charge in [0.2, 0.25) is 5.95 Å². The fraction of sp³-hybridized carbons (Fsp3) is 0.348. The fourth-order valence-corrected chi connectivity index (χ4v) is 3.29. The van der Waals surface area contributed by atoms with E-state index in [0.29, 0.717) is 18.0 Å². The first-order valence-electron chi connectivity index (χ1n) is 10.1. The number of carbonyl (C=O) groups excluding carboxylic acids is 1. The van der Waals surface area contributed by atoms with E-state index in [0.717, 1.165) is 22.3 Å². The van der Waals surface area contributed by atoms with E-state index in [4.69, 9.17) is 4.74 Å². The second-order valence-electron chi connectivity index (χ2n) is 8.07. The van der Waals surface area contributed by atoms with Gasteiger partial charge in [-0.3, -0.25) is 4.79 Å². The first kappa shape index (κ1) is 22.4. The van der Waals surface area contributed by atoms with Crippen molar-refractivity contribution >= 4 is 22.9 Å². The number of nitrogens with zero attached hydrogens (tertiary/aromatic N) is 3. The van der Waals surface area contributed by atoms with Gasteiger partial charge in [0, 0.05) is 12.6 Å². The van der Waals surface area contributed by atoms with E-state index in [9.17, 15) is 18.4 Å². The van der Waals surface area contributed by atoms with Gasteiger partial charge in [0.1, 0.15) is 17.2 Å². The summed E-state index contributed by atoms with van der Waals surface area (Å²) in [6.07, 6.45) is -0.110. The van der Waals surface area contributed by atoms with Gasteiger partial charge in [-0.2, -0.15) is 0 Å². The van der Waals surface area contributed by atoms with Crippen LogP contribution in [0.1, 0.15) is 40.2 Å². The predicted molar refractivity (Wildman–Crippen MR) is 116 cm³/mol. The molecule has 0 N–H and O–H groups in total. The molecule has 0 radical (unpaired) electrons. The first-order valence-corrected chi connectivity index (χ1v) is 10.1. The van der Waals surface area contributed by atoms with Crippen molar-refractivity contribution in [2.45, 2.75) is 46.6 Å². The Hall–Kier alpha value is -3.29. The summed E-state index contributed by atoms with van der Waals surface area (Å²) >= 11 is 0. The molecule has 3 rings (SSSR count). The number of aromatic nitrogens is 2. The van der Waals surface area contributed by atoms with Crippen molar-refractivity contribution in [1.82, 2.24) is 9.55 Å². The Labute approximate surface area is 179 Å². The SMILES string of the molecule is CCc1cccc2c(=O)n(-c3cc(F)cc(F)c3)c(N(CC)C(=O)OC(C)(C)C)nc12. The number of hydrogen-bond acceptors (Lipinski definition) is 4. The summed E-state index contributed by atoms with van der Waals surface area (Å²) in [6.45, 7) is 8.90. The van der Waals surface area contributed by atoms with Crippen LogP contribution in [0.25, 0.3) is 16.6 Å². The number of benzene rings is 2. The molecular weight excluding hydrogens is 404 g/mol. The third-order valence-corrected chi connectivity index (χ3v) is 4.62. The second-order valence-corrected chi connectivity index (χ2v) is 8.07. The number of halogens is 2. The van der Waals surface area contributed by atoms with Gasteiger partial charge in [-0.05, 0) is 57.9 Å². The van der Waals surface area contributed by atoms with Crippen LogP contribution in [0.3, 0.4) is 0 Å². The van der Waals surface area contributed by atoms with Crippen LogP contribution in [-0.2, 0) is 11.2 Å². The zero-order valence-corrected chi connectivity index (χ0v) is 18.2. The molecule has 31 heavy (non-hydrogen) atoms. The number of anilines is 1. The minimum absolute atomic E-state index is 0.0693. The molecule has 8 heteroatoms. The van der Waals surface area contributed by atoms with Crippen LogP contribution in [0, 0.1) is 11.6 Å².